The van der Waals surface area contributed by atoms with Crippen LogP contribution in [-0.4, -0.2) is 65.4 Å². The molecule has 2 aromatic heterocycles. The van der Waals surface area contributed by atoms with Crippen LogP contribution in [0, 0.1) is 0 Å². The maximum Gasteiger partial charge on any atom is 0.416 e. The molecule has 0 spiro atoms. The maximum absolute atomic E-state index is 13.7. The Hall–Kier alpha value is -3.98. The van der Waals surface area contributed by atoms with E-state index in [0.717, 1.165) is 44.2 Å². The summed E-state index contributed by atoms with van der Waals surface area (Å²) in [7, 11) is 0. The predicted octanol–water partition coefficient (Wildman–Crippen LogP) is 6.99. The Labute approximate surface area is 262 Å². The van der Waals surface area contributed by atoms with E-state index in [9.17, 15) is 31.1 Å². The van der Waals surface area contributed by atoms with Gasteiger partial charge >= 0.3 is 18.4 Å². The molecule has 10 nitrogen and oxygen atoms in total. The zero-order valence-electron chi connectivity index (χ0n) is 25.5. The van der Waals surface area contributed by atoms with Crippen LogP contribution in [0.15, 0.2) is 36.9 Å². The molecular formula is C30H36F6N8O2. The minimum atomic E-state index is -4.99. The van der Waals surface area contributed by atoms with Crippen LogP contribution in [0.2, 0.25) is 0 Å². The number of hydrogen-bond acceptors (Lipinski definition) is 8. The largest absolute Gasteiger partial charge is 0.446 e. The lowest BCUT2D eigenvalue weighted by Crippen LogP contribution is -2.57. The number of nitrogens with zero attached hydrogens (tertiary/aromatic N) is 8. The van der Waals surface area contributed by atoms with Crippen LogP contribution >= 0.6 is 0 Å². The Bertz CT molecular complexity index is 1400. The number of benzene rings is 1. The molecule has 3 heterocycles. The van der Waals surface area contributed by atoms with Gasteiger partial charge in [0.15, 0.2) is 0 Å². The first-order chi connectivity index (χ1) is 21.9. The molecule has 250 valence electrons. The molecule has 1 saturated carbocycles. The average molecular weight is 655 g/mol. The molecule has 2 aliphatic rings. The SMILES string of the molecule is CC[C@@H]1C[C@H](N(Cc2cc(C(F)(F)F)cc(C(F)(F)F)c2)c2ncc(-n3cnnn3)cn2)C[C@H](CC)N1C(=O)OC1CCCCC1. The van der Waals surface area contributed by atoms with E-state index in [0.29, 0.717) is 31.4 Å². The molecule has 3 atom stereocenters. The molecule has 1 aliphatic carbocycles. The minimum Gasteiger partial charge on any atom is -0.446 e. The summed E-state index contributed by atoms with van der Waals surface area (Å²) in [4.78, 5) is 25.8. The molecule has 0 N–H and O–H groups in total. The summed E-state index contributed by atoms with van der Waals surface area (Å²) in [6.45, 7) is 3.54. The number of halogens is 6. The van der Waals surface area contributed by atoms with Crippen molar-refractivity contribution in [2.24, 2.45) is 0 Å². The smallest absolute Gasteiger partial charge is 0.416 e. The molecule has 5 rings (SSSR count). The van der Waals surface area contributed by atoms with Gasteiger partial charge in [0, 0.05) is 24.7 Å². The molecule has 1 amide bonds. The van der Waals surface area contributed by atoms with Crippen molar-refractivity contribution in [1.82, 2.24) is 35.1 Å². The molecule has 46 heavy (non-hydrogen) atoms. The summed E-state index contributed by atoms with van der Waals surface area (Å²) in [6.07, 6.45) is 0.330. The lowest BCUT2D eigenvalue weighted by molar-refractivity contribution is -0.143. The zero-order valence-corrected chi connectivity index (χ0v) is 25.5. The summed E-state index contributed by atoms with van der Waals surface area (Å²) >= 11 is 0. The lowest BCUT2D eigenvalue weighted by Gasteiger charge is -2.47. The molecule has 3 aromatic rings. The number of carbonyl (C=O) groups excluding carboxylic acids is 1. The molecular weight excluding hydrogens is 618 g/mol. The summed E-state index contributed by atoms with van der Waals surface area (Å²) in [5.41, 5.74) is -2.59. The number of carbonyl (C=O) groups is 1. The van der Waals surface area contributed by atoms with E-state index in [4.69, 9.17) is 4.74 Å². The second kappa shape index (κ2) is 13.8. The van der Waals surface area contributed by atoms with Crippen molar-refractivity contribution in [3.05, 3.63) is 53.6 Å². The van der Waals surface area contributed by atoms with Crippen LogP contribution in [0.4, 0.5) is 37.1 Å². The van der Waals surface area contributed by atoms with Gasteiger partial charge in [0.25, 0.3) is 0 Å². The highest BCUT2D eigenvalue weighted by molar-refractivity contribution is 5.69. The number of tetrazole rings is 1. The molecule has 2 fully saturated rings. The third-order valence-electron chi connectivity index (χ3n) is 8.78. The fourth-order valence-electron chi connectivity index (χ4n) is 6.45. The maximum atomic E-state index is 13.7. The van der Waals surface area contributed by atoms with Crippen molar-refractivity contribution in [3.8, 4) is 5.69 Å². The fourth-order valence-corrected chi connectivity index (χ4v) is 6.45. The normalized spacial score (nSPS) is 21.3. The highest BCUT2D eigenvalue weighted by Crippen LogP contribution is 2.38. The highest BCUT2D eigenvalue weighted by atomic mass is 19.4. The van der Waals surface area contributed by atoms with Gasteiger partial charge in [0.05, 0.1) is 23.5 Å². The lowest BCUT2D eigenvalue weighted by atomic mass is 9.87. The van der Waals surface area contributed by atoms with E-state index < -0.39 is 29.5 Å². The standard InChI is InChI=1S/C30H36F6N8O2/c1-3-22-13-24(14-23(4-2)44(22)28(45)46-26-8-6-5-7-9-26)42(27-37-15-25(16-38-27)43-18-39-40-41-43)17-19-10-20(29(31,32)33)12-21(11-19)30(34,35)36/h10-12,15-16,18,22-24,26H,3-9,13-14,17H2,1-2H3/t22-,23+,24+. The topological polar surface area (TPSA) is 102 Å². The fraction of sp³-hybridized carbons (Fsp3) is 0.600. The second-order valence-electron chi connectivity index (χ2n) is 11.8. The Kier molecular flexibility index (Phi) is 10.0. The van der Waals surface area contributed by atoms with E-state index in [2.05, 4.69) is 25.5 Å². The number of aromatic nitrogens is 6. The van der Waals surface area contributed by atoms with Gasteiger partial charge in [-0.15, -0.1) is 5.10 Å². The average Bonchev–Trinajstić information content (AvgIpc) is 3.58. The van der Waals surface area contributed by atoms with Gasteiger partial charge < -0.3 is 14.5 Å². The van der Waals surface area contributed by atoms with Crippen molar-refractivity contribution < 1.29 is 35.9 Å². The van der Waals surface area contributed by atoms with E-state index in [1.807, 2.05) is 13.8 Å². The third kappa shape index (κ3) is 7.69. The molecule has 0 radical (unpaired) electrons. The third-order valence-corrected chi connectivity index (χ3v) is 8.78. The molecule has 1 aliphatic heterocycles. The van der Waals surface area contributed by atoms with Crippen LogP contribution in [0.1, 0.15) is 88.3 Å². The molecule has 0 bridgehead atoms. The monoisotopic (exact) mass is 654 g/mol. The van der Waals surface area contributed by atoms with Crippen molar-refractivity contribution in [3.63, 3.8) is 0 Å². The Morgan fingerprint density at radius 1 is 0.913 bits per heavy atom. The van der Waals surface area contributed by atoms with Crippen LogP contribution in [0.5, 0.6) is 0 Å². The van der Waals surface area contributed by atoms with Crippen molar-refractivity contribution in [2.75, 3.05) is 4.90 Å². The van der Waals surface area contributed by atoms with Crippen molar-refractivity contribution >= 4 is 12.0 Å². The van der Waals surface area contributed by atoms with Gasteiger partial charge in [-0.05, 0) is 85.6 Å². The molecule has 16 heteroatoms. The summed E-state index contributed by atoms with van der Waals surface area (Å²) in [5.74, 6) is 0.107. The van der Waals surface area contributed by atoms with E-state index in [-0.39, 0.29) is 48.4 Å². The number of piperidine rings is 1. The number of alkyl halides is 6. The minimum absolute atomic E-state index is 0.107. The van der Waals surface area contributed by atoms with Crippen LogP contribution in [0.3, 0.4) is 0 Å². The van der Waals surface area contributed by atoms with Gasteiger partial charge in [-0.2, -0.15) is 31.0 Å². The number of likely N-dealkylation sites (tertiary alicyclic amines) is 1. The highest BCUT2D eigenvalue weighted by Gasteiger charge is 2.42. The Morgan fingerprint density at radius 2 is 1.50 bits per heavy atom. The van der Waals surface area contributed by atoms with Gasteiger partial charge in [0.1, 0.15) is 18.1 Å². The Morgan fingerprint density at radius 3 is 2.00 bits per heavy atom. The number of rotatable bonds is 8. The van der Waals surface area contributed by atoms with E-state index in [1.165, 1.54) is 23.4 Å². The number of ether oxygens (including phenoxy) is 1. The summed E-state index contributed by atoms with van der Waals surface area (Å²) in [6, 6.07) is 0.579. The van der Waals surface area contributed by atoms with Crippen molar-refractivity contribution in [1.29, 1.82) is 0 Å². The molecule has 0 unspecified atom stereocenters. The first kappa shape index (κ1) is 33.4. The number of amides is 1. The second-order valence-corrected chi connectivity index (χ2v) is 11.8. The quantitative estimate of drug-likeness (QED) is 0.240. The van der Waals surface area contributed by atoms with E-state index >= 15 is 0 Å². The summed E-state index contributed by atoms with van der Waals surface area (Å²) in [5, 5.41) is 10.9. The van der Waals surface area contributed by atoms with Crippen LogP contribution < -0.4 is 4.90 Å². The predicted molar refractivity (Wildman–Crippen MR) is 154 cm³/mol. The first-order valence-electron chi connectivity index (χ1n) is 15.5. The zero-order chi connectivity index (χ0) is 33.1. The van der Waals surface area contributed by atoms with Gasteiger partial charge in [0.2, 0.25) is 5.95 Å². The number of hydrogen-bond donors (Lipinski definition) is 0. The van der Waals surface area contributed by atoms with Crippen LogP contribution in [-0.2, 0) is 23.6 Å². The summed E-state index contributed by atoms with van der Waals surface area (Å²) < 4.78 is 89.7. The van der Waals surface area contributed by atoms with Crippen LogP contribution in [0.25, 0.3) is 5.69 Å². The van der Waals surface area contributed by atoms with Crippen molar-refractivity contribution in [2.45, 2.75) is 115 Å². The van der Waals surface area contributed by atoms with Gasteiger partial charge in [-0.1, -0.05) is 20.3 Å². The number of anilines is 1. The van der Waals surface area contributed by atoms with Gasteiger partial charge in [-0.3, -0.25) is 0 Å². The van der Waals surface area contributed by atoms with E-state index in [1.54, 1.807) is 9.80 Å². The molecule has 1 saturated heterocycles. The Balaban J connectivity index is 1.49. The first-order valence-corrected chi connectivity index (χ1v) is 15.5. The molecule has 1 aromatic carbocycles. The van der Waals surface area contributed by atoms with Gasteiger partial charge in [-0.25, -0.2) is 14.8 Å².